The minimum Gasteiger partial charge on any atom is -0.396 e. The van der Waals surface area contributed by atoms with E-state index < -0.39 is 31.0 Å². The van der Waals surface area contributed by atoms with Crippen LogP contribution in [0.5, 0.6) is 0 Å². The van der Waals surface area contributed by atoms with Crippen LogP contribution < -0.4 is 5.32 Å². The zero-order valence-electron chi connectivity index (χ0n) is 17.3. The van der Waals surface area contributed by atoms with E-state index in [2.05, 4.69) is 5.32 Å². The predicted molar refractivity (Wildman–Crippen MR) is 107 cm³/mol. The van der Waals surface area contributed by atoms with Crippen molar-refractivity contribution in [3.8, 4) is 6.07 Å². The summed E-state index contributed by atoms with van der Waals surface area (Å²) in [4.78, 5) is 13.4. The van der Waals surface area contributed by atoms with Crippen molar-refractivity contribution in [1.82, 2.24) is 9.47 Å². The lowest BCUT2D eigenvalue weighted by Gasteiger charge is -2.23. The normalized spacial score (nSPS) is 11.6. The third kappa shape index (κ3) is 6.80. The molecule has 0 spiro atoms. The lowest BCUT2D eigenvalue weighted by atomic mass is 10.2. The van der Waals surface area contributed by atoms with E-state index in [-0.39, 0.29) is 37.5 Å². The Morgan fingerprint density at radius 2 is 1.90 bits per heavy atom. The number of nitrogens with zero attached hydrogens (tertiary/aromatic N) is 3. The Balaban J connectivity index is 2.27. The van der Waals surface area contributed by atoms with Gasteiger partial charge in [-0.15, -0.1) is 0 Å². The van der Waals surface area contributed by atoms with Crippen LogP contribution in [0, 0.1) is 31.0 Å². The monoisotopic (exact) mass is 440 g/mol. The molecule has 0 bridgehead atoms. The second-order valence-corrected chi connectivity index (χ2v) is 7.21. The summed E-state index contributed by atoms with van der Waals surface area (Å²) in [7, 11) is 0. The number of aliphatic hydroxyl groups is 1. The van der Waals surface area contributed by atoms with Gasteiger partial charge in [-0.05, 0) is 43.5 Å². The highest BCUT2D eigenvalue weighted by molar-refractivity contribution is 5.93. The highest BCUT2D eigenvalue weighted by Gasteiger charge is 2.31. The number of halogens is 4. The van der Waals surface area contributed by atoms with Gasteiger partial charge in [0.15, 0.2) is 0 Å². The maximum atomic E-state index is 13.2. The van der Waals surface area contributed by atoms with Crippen LogP contribution in [0.4, 0.5) is 23.4 Å². The molecule has 2 N–H and O–H groups in total. The number of aliphatic hydroxyl groups excluding tert-OH is 1. The molecule has 1 aromatic carbocycles. The highest BCUT2D eigenvalue weighted by Crippen LogP contribution is 2.27. The molecule has 2 aromatic rings. The number of anilines is 1. The number of carbonyl (C=O) groups excluding carboxylic acids is 1. The third-order valence-electron chi connectivity index (χ3n) is 4.86. The average molecular weight is 440 g/mol. The Hall–Kier alpha value is -2.90. The zero-order valence-corrected chi connectivity index (χ0v) is 17.3. The van der Waals surface area contributed by atoms with Crippen LogP contribution >= 0.6 is 0 Å². The number of nitrogens with one attached hydrogen (secondary N) is 1. The quantitative estimate of drug-likeness (QED) is 0.586. The number of hydrogen-bond donors (Lipinski definition) is 2. The molecular weight excluding hydrogens is 416 g/mol. The summed E-state index contributed by atoms with van der Waals surface area (Å²) in [6.45, 7) is 1.45. The van der Waals surface area contributed by atoms with Gasteiger partial charge in [-0.1, -0.05) is 12.1 Å². The van der Waals surface area contributed by atoms with Crippen LogP contribution in [0.3, 0.4) is 0 Å². The minimum atomic E-state index is -4.50. The molecular formula is C21H24F4N4O2. The molecule has 10 heteroatoms. The van der Waals surface area contributed by atoms with Crippen molar-refractivity contribution in [1.29, 1.82) is 5.26 Å². The van der Waals surface area contributed by atoms with Gasteiger partial charge >= 0.3 is 6.18 Å². The summed E-state index contributed by atoms with van der Waals surface area (Å²) in [5.41, 5.74) is 2.27. The van der Waals surface area contributed by atoms with Crippen LogP contribution in [0.1, 0.15) is 28.8 Å². The lowest BCUT2D eigenvalue weighted by molar-refractivity contribution is -0.148. The molecule has 0 atom stereocenters. The summed E-state index contributed by atoms with van der Waals surface area (Å²) < 4.78 is 53.3. The molecule has 2 rings (SSSR count). The van der Waals surface area contributed by atoms with E-state index in [9.17, 15) is 27.6 Å². The smallest absolute Gasteiger partial charge is 0.396 e. The zero-order chi connectivity index (χ0) is 23.2. The topological polar surface area (TPSA) is 81.3 Å². The van der Waals surface area contributed by atoms with E-state index in [4.69, 9.17) is 5.11 Å². The molecule has 6 nitrogen and oxygen atoms in total. The fourth-order valence-corrected chi connectivity index (χ4v) is 3.24. The van der Waals surface area contributed by atoms with Gasteiger partial charge in [0.2, 0.25) is 5.91 Å². The molecule has 168 valence electrons. The Morgan fingerprint density at radius 3 is 2.45 bits per heavy atom. The number of carbonyl (C=O) groups is 1. The first-order chi connectivity index (χ1) is 14.6. The fourth-order valence-electron chi connectivity index (χ4n) is 3.24. The molecule has 31 heavy (non-hydrogen) atoms. The molecule has 0 aliphatic carbocycles. The second-order valence-electron chi connectivity index (χ2n) is 7.21. The van der Waals surface area contributed by atoms with Crippen molar-refractivity contribution >= 4 is 11.7 Å². The number of hydrogen-bond acceptors (Lipinski definition) is 4. The summed E-state index contributed by atoms with van der Waals surface area (Å²) in [5, 5.41) is 21.0. The van der Waals surface area contributed by atoms with Crippen molar-refractivity contribution in [2.75, 3.05) is 31.6 Å². The van der Waals surface area contributed by atoms with E-state index in [1.807, 2.05) is 6.07 Å². The SMILES string of the molecule is Cc1c(C#N)c(NC(=O)CN(CCCO)CC(F)(F)F)n(Cc2ccc(F)cc2)c1C. The fraction of sp³-hybridized carbons (Fsp3) is 0.429. The Kier molecular flexibility index (Phi) is 8.19. The maximum Gasteiger partial charge on any atom is 0.401 e. The molecule has 0 unspecified atom stereocenters. The molecule has 0 aliphatic heterocycles. The van der Waals surface area contributed by atoms with Gasteiger partial charge in [0.1, 0.15) is 17.7 Å². The predicted octanol–water partition coefficient (Wildman–Crippen LogP) is 3.35. The van der Waals surface area contributed by atoms with Crippen molar-refractivity contribution in [3.05, 3.63) is 52.5 Å². The average Bonchev–Trinajstić information content (AvgIpc) is 2.90. The second kappa shape index (κ2) is 10.4. The van der Waals surface area contributed by atoms with Crippen molar-refractivity contribution in [2.45, 2.75) is 33.0 Å². The molecule has 0 aliphatic rings. The number of nitriles is 1. The first-order valence-electron chi connectivity index (χ1n) is 9.59. The third-order valence-corrected chi connectivity index (χ3v) is 4.86. The number of amides is 1. The maximum absolute atomic E-state index is 13.2. The molecule has 1 heterocycles. The Bertz CT molecular complexity index is 946. The number of rotatable bonds is 9. The van der Waals surface area contributed by atoms with Crippen molar-refractivity contribution < 1.29 is 27.5 Å². The summed E-state index contributed by atoms with van der Waals surface area (Å²) >= 11 is 0. The van der Waals surface area contributed by atoms with Gasteiger partial charge in [-0.25, -0.2) is 4.39 Å². The Labute approximate surface area is 177 Å². The number of alkyl halides is 3. The van der Waals surface area contributed by atoms with Crippen LogP contribution in [-0.4, -0.2) is 52.9 Å². The molecule has 0 saturated heterocycles. The van der Waals surface area contributed by atoms with Crippen LogP contribution in [0.15, 0.2) is 24.3 Å². The Morgan fingerprint density at radius 1 is 1.26 bits per heavy atom. The number of benzene rings is 1. The largest absolute Gasteiger partial charge is 0.401 e. The van der Waals surface area contributed by atoms with Crippen LogP contribution in [0.25, 0.3) is 0 Å². The van der Waals surface area contributed by atoms with Gasteiger partial charge in [0.25, 0.3) is 0 Å². The van der Waals surface area contributed by atoms with E-state index in [1.54, 1.807) is 30.5 Å². The van der Waals surface area contributed by atoms with E-state index in [1.165, 1.54) is 12.1 Å². The van der Waals surface area contributed by atoms with Gasteiger partial charge in [0, 0.05) is 25.4 Å². The first kappa shape index (κ1) is 24.4. The highest BCUT2D eigenvalue weighted by atomic mass is 19.4. The van der Waals surface area contributed by atoms with Crippen LogP contribution in [-0.2, 0) is 11.3 Å². The van der Waals surface area contributed by atoms with Crippen molar-refractivity contribution in [2.24, 2.45) is 0 Å². The summed E-state index contributed by atoms with van der Waals surface area (Å²) in [5.74, 6) is -0.930. The number of aromatic nitrogens is 1. The minimum absolute atomic E-state index is 0.0893. The van der Waals surface area contributed by atoms with E-state index in [0.717, 1.165) is 10.5 Å². The van der Waals surface area contributed by atoms with Gasteiger partial charge < -0.3 is 15.0 Å². The van der Waals surface area contributed by atoms with Gasteiger partial charge in [-0.2, -0.15) is 18.4 Å². The first-order valence-corrected chi connectivity index (χ1v) is 9.59. The molecule has 1 aromatic heterocycles. The molecule has 0 saturated carbocycles. The lowest BCUT2D eigenvalue weighted by Crippen LogP contribution is -2.40. The van der Waals surface area contributed by atoms with Crippen LogP contribution in [0.2, 0.25) is 0 Å². The van der Waals surface area contributed by atoms with Gasteiger partial charge in [-0.3, -0.25) is 9.69 Å². The molecule has 0 radical (unpaired) electrons. The standard InChI is InChI=1S/C21H24F4N4O2/c1-14-15(2)29(11-16-4-6-17(22)7-5-16)20(18(14)10-26)27-19(31)12-28(8-3-9-30)13-21(23,24)25/h4-7,30H,3,8-9,11-13H2,1-2H3,(H,27,31). The van der Waals surface area contributed by atoms with Gasteiger partial charge in [0.05, 0.1) is 18.7 Å². The van der Waals surface area contributed by atoms with E-state index >= 15 is 0 Å². The molecule has 1 amide bonds. The summed E-state index contributed by atoms with van der Waals surface area (Å²) in [6, 6.07) is 7.76. The van der Waals surface area contributed by atoms with Crippen molar-refractivity contribution in [3.63, 3.8) is 0 Å². The molecule has 0 fully saturated rings. The summed E-state index contributed by atoms with van der Waals surface area (Å²) in [6.07, 6.45) is -4.41. The van der Waals surface area contributed by atoms with E-state index in [0.29, 0.717) is 11.3 Å².